The molecule has 0 amide bonds. The van der Waals surface area contributed by atoms with Gasteiger partial charge in [-0.25, -0.2) is 0 Å². The van der Waals surface area contributed by atoms with Gasteiger partial charge < -0.3 is 4.52 Å². The van der Waals surface area contributed by atoms with Gasteiger partial charge in [0.1, 0.15) is 0 Å². The smallest absolute Gasteiger partial charge is 0.167 e. The summed E-state index contributed by atoms with van der Waals surface area (Å²) in [6.07, 6.45) is 0. The number of rotatable bonds is 1. The second-order valence-corrected chi connectivity index (χ2v) is 4.03. The van der Waals surface area contributed by atoms with Gasteiger partial charge in [0.2, 0.25) is 0 Å². The van der Waals surface area contributed by atoms with E-state index in [0.717, 1.165) is 11.5 Å². The Bertz CT molecular complexity index is 497. The predicted octanol–water partition coefficient (Wildman–Crippen LogP) is 3.58. The molecule has 0 fully saturated rings. The standard InChI is InChI=1S/C13H15NO/c1-8-5-6-9(2)13(11(8)4)12-7-10(3)14-15-12/h5-7H,1-4H3. The SMILES string of the molecule is Cc1cc(-c2c(C)ccc(C)c2C)on1. The summed E-state index contributed by atoms with van der Waals surface area (Å²) in [5, 5.41) is 3.93. The van der Waals surface area contributed by atoms with E-state index in [1.807, 2.05) is 13.0 Å². The van der Waals surface area contributed by atoms with Gasteiger partial charge in [-0.05, 0) is 44.4 Å². The molecule has 78 valence electrons. The fourth-order valence-corrected chi connectivity index (χ4v) is 1.81. The first kappa shape index (κ1) is 9.97. The molecule has 0 spiro atoms. The van der Waals surface area contributed by atoms with Crippen LogP contribution in [0.2, 0.25) is 0 Å². The van der Waals surface area contributed by atoms with Gasteiger partial charge in [0.05, 0.1) is 5.69 Å². The first-order valence-electron chi connectivity index (χ1n) is 5.10. The van der Waals surface area contributed by atoms with Crippen molar-refractivity contribution in [3.05, 3.63) is 40.6 Å². The molecule has 0 aliphatic carbocycles. The molecule has 0 aliphatic heterocycles. The van der Waals surface area contributed by atoms with Crippen LogP contribution in [-0.4, -0.2) is 5.16 Å². The second-order valence-electron chi connectivity index (χ2n) is 4.03. The lowest BCUT2D eigenvalue weighted by atomic mass is 9.96. The molecule has 2 nitrogen and oxygen atoms in total. The molecule has 0 radical (unpaired) electrons. The van der Waals surface area contributed by atoms with E-state index in [1.165, 1.54) is 22.3 Å². The molecule has 0 saturated carbocycles. The maximum absolute atomic E-state index is 5.32. The van der Waals surface area contributed by atoms with Crippen LogP contribution in [0.3, 0.4) is 0 Å². The van der Waals surface area contributed by atoms with Crippen molar-refractivity contribution < 1.29 is 4.52 Å². The van der Waals surface area contributed by atoms with Gasteiger partial charge in [0.15, 0.2) is 5.76 Å². The quantitative estimate of drug-likeness (QED) is 0.704. The van der Waals surface area contributed by atoms with Crippen LogP contribution in [-0.2, 0) is 0 Å². The third-order valence-corrected chi connectivity index (χ3v) is 2.82. The summed E-state index contributed by atoms with van der Waals surface area (Å²) >= 11 is 0. The van der Waals surface area contributed by atoms with Gasteiger partial charge >= 0.3 is 0 Å². The zero-order valence-corrected chi connectivity index (χ0v) is 9.59. The Hall–Kier alpha value is -1.57. The maximum atomic E-state index is 5.32. The molecule has 0 N–H and O–H groups in total. The van der Waals surface area contributed by atoms with Gasteiger partial charge in [-0.3, -0.25) is 0 Å². The van der Waals surface area contributed by atoms with Crippen LogP contribution < -0.4 is 0 Å². The summed E-state index contributed by atoms with van der Waals surface area (Å²) in [4.78, 5) is 0. The first-order valence-corrected chi connectivity index (χ1v) is 5.10. The van der Waals surface area contributed by atoms with Crippen LogP contribution in [0.1, 0.15) is 22.4 Å². The lowest BCUT2D eigenvalue weighted by molar-refractivity contribution is 0.426. The van der Waals surface area contributed by atoms with Crippen molar-refractivity contribution in [2.24, 2.45) is 0 Å². The zero-order valence-electron chi connectivity index (χ0n) is 9.59. The largest absolute Gasteiger partial charge is 0.356 e. The molecular formula is C13H15NO. The summed E-state index contributed by atoms with van der Waals surface area (Å²) in [6.45, 7) is 8.27. The molecule has 0 atom stereocenters. The summed E-state index contributed by atoms with van der Waals surface area (Å²) < 4.78 is 5.32. The average Bonchev–Trinajstić information content (AvgIpc) is 2.59. The van der Waals surface area contributed by atoms with E-state index in [1.54, 1.807) is 0 Å². The molecule has 0 aliphatic rings. The van der Waals surface area contributed by atoms with Crippen molar-refractivity contribution in [2.75, 3.05) is 0 Å². The molecular weight excluding hydrogens is 186 g/mol. The third-order valence-electron chi connectivity index (χ3n) is 2.82. The van der Waals surface area contributed by atoms with Crippen molar-refractivity contribution in [3.63, 3.8) is 0 Å². The van der Waals surface area contributed by atoms with E-state index < -0.39 is 0 Å². The fraction of sp³-hybridized carbons (Fsp3) is 0.308. The minimum Gasteiger partial charge on any atom is -0.356 e. The van der Waals surface area contributed by atoms with Crippen molar-refractivity contribution in [1.29, 1.82) is 0 Å². The van der Waals surface area contributed by atoms with Gasteiger partial charge in [0.25, 0.3) is 0 Å². The average molecular weight is 201 g/mol. The van der Waals surface area contributed by atoms with Crippen LogP contribution in [0.5, 0.6) is 0 Å². The van der Waals surface area contributed by atoms with Crippen molar-refractivity contribution in [2.45, 2.75) is 27.7 Å². The third kappa shape index (κ3) is 1.67. The Kier molecular flexibility index (Phi) is 2.35. The number of hydrogen-bond donors (Lipinski definition) is 0. The second kappa shape index (κ2) is 3.54. The van der Waals surface area contributed by atoms with Crippen LogP contribution in [0.15, 0.2) is 22.7 Å². The minimum atomic E-state index is 0.867. The van der Waals surface area contributed by atoms with Gasteiger partial charge in [-0.15, -0.1) is 0 Å². The molecule has 2 aromatic rings. The number of hydrogen-bond acceptors (Lipinski definition) is 2. The molecule has 15 heavy (non-hydrogen) atoms. The molecule has 0 bridgehead atoms. The molecule has 2 rings (SSSR count). The molecule has 2 heteroatoms. The van der Waals surface area contributed by atoms with Gasteiger partial charge in [-0.1, -0.05) is 17.3 Å². The molecule has 0 unspecified atom stereocenters. The number of nitrogens with zero attached hydrogens (tertiary/aromatic N) is 1. The number of aryl methyl sites for hydroxylation is 3. The zero-order chi connectivity index (χ0) is 11.0. The summed E-state index contributed by atoms with van der Waals surface area (Å²) in [7, 11) is 0. The van der Waals surface area contributed by atoms with E-state index in [2.05, 4.69) is 38.1 Å². The monoisotopic (exact) mass is 201 g/mol. The van der Waals surface area contributed by atoms with E-state index in [9.17, 15) is 0 Å². The molecule has 0 saturated heterocycles. The molecule has 1 aromatic heterocycles. The number of benzene rings is 1. The normalized spacial score (nSPS) is 10.7. The highest BCUT2D eigenvalue weighted by atomic mass is 16.5. The Balaban J connectivity index is 2.66. The highest BCUT2D eigenvalue weighted by Crippen LogP contribution is 2.29. The molecule has 1 heterocycles. The van der Waals surface area contributed by atoms with Crippen LogP contribution in [0.25, 0.3) is 11.3 Å². The van der Waals surface area contributed by atoms with Crippen LogP contribution >= 0.6 is 0 Å². The van der Waals surface area contributed by atoms with Gasteiger partial charge in [-0.2, -0.15) is 0 Å². The van der Waals surface area contributed by atoms with E-state index >= 15 is 0 Å². The Labute approximate surface area is 89.9 Å². The summed E-state index contributed by atoms with van der Waals surface area (Å²) in [5.74, 6) is 0.867. The molecule has 1 aromatic carbocycles. The summed E-state index contributed by atoms with van der Waals surface area (Å²) in [6, 6.07) is 6.24. The van der Waals surface area contributed by atoms with E-state index in [4.69, 9.17) is 4.52 Å². The van der Waals surface area contributed by atoms with Gasteiger partial charge in [0, 0.05) is 11.6 Å². The Morgan fingerprint density at radius 2 is 1.67 bits per heavy atom. The Morgan fingerprint density at radius 3 is 2.27 bits per heavy atom. The highest BCUT2D eigenvalue weighted by Gasteiger charge is 2.11. The van der Waals surface area contributed by atoms with Crippen molar-refractivity contribution in [3.8, 4) is 11.3 Å². The maximum Gasteiger partial charge on any atom is 0.167 e. The first-order chi connectivity index (χ1) is 7.09. The predicted molar refractivity (Wildman–Crippen MR) is 60.9 cm³/mol. The van der Waals surface area contributed by atoms with Crippen molar-refractivity contribution in [1.82, 2.24) is 5.16 Å². The van der Waals surface area contributed by atoms with Crippen LogP contribution in [0.4, 0.5) is 0 Å². The van der Waals surface area contributed by atoms with Crippen LogP contribution in [0, 0.1) is 27.7 Å². The van der Waals surface area contributed by atoms with Crippen molar-refractivity contribution >= 4 is 0 Å². The summed E-state index contributed by atoms with van der Waals surface area (Å²) in [5.41, 5.74) is 5.88. The fourth-order valence-electron chi connectivity index (χ4n) is 1.81. The minimum absolute atomic E-state index is 0.867. The highest BCUT2D eigenvalue weighted by molar-refractivity contribution is 5.67. The lowest BCUT2D eigenvalue weighted by Gasteiger charge is -2.08. The topological polar surface area (TPSA) is 26.0 Å². The van der Waals surface area contributed by atoms with E-state index in [-0.39, 0.29) is 0 Å². The number of aromatic nitrogens is 1. The van der Waals surface area contributed by atoms with E-state index in [0.29, 0.717) is 0 Å². The lowest BCUT2D eigenvalue weighted by Crippen LogP contribution is -1.89. The Morgan fingerprint density at radius 1 is 1.00 bits per heavy atom.